The Bertz CT molecular complexity index is 976. The maximum absolute atomic E-state index is 13.1. The molecule has 2 N–H and O–H groups in total. The highest BCUT2D eigenvalue weighted by atomic mass is 35.5. The van der Waals surface area contributed by atoms with Crippen molar-refractivity contribution >= 4 is 45.1 Å². The van der Waals surface area contributed by atoms with Crippen LogP contribution in [0, 0.1) is 17.8 Å². The zero-order chi connectivity index (χ0) is 20.9. The first-order valence-electron chi connectivity index (χ1n) is 9.38. The van der Waals surface area contributed by atoms with E-state index in [9.17, 15) is 23.1 Å². The van der Waals surface area contributed by atoms with Crippen LogP contribution in [0.5, 0.6) is 0 Å². The Morgan fingerprint density at radius 1 is 1.10 bits per heavy atom. The summed E-state index contributed by atoms with van der Waals surface area (Å²) in [5.74, 6) is -2.23. The molecule has 1 heterocycles. The summed E-state index contributed by atoms with van der Waals surface area (Å²) in [6.07, 6.45) is 5.42. The number of rotatable bonds is 5. The number of carbonyl (C=O) groups excluding carboxylic acids is 1. The molecule has 2 aliphatic carbocycles. The summed E-state index contributed by atoms with van der Waals surface area (Å²) < 4.78 is 27.4. The maximum Gasteiger partial charge on any atom is 0.309 e. The van der Waals surface area contributed by atoms with Crippen molar-refractivity contribution in [2.24, 2.45) is 17.8 Å². The summed E-state index contributed by atoms with van der Waals surface area (Å²) in [7, 11) is -3.98. The highest BCUT2D eigenvalue weighted by Crippen LogP contribution is 2.44. The second kappa shape index (κ2) is 7.58. The SMILES string of the molecule is O=C(O)C1C2C=CC(C2)[C@@H]1NC(=O)[C@@H]1CCCN1S(=O)(=O)c1cc(Cl)cc(Cl)c1. The standard InChI is InChI=1S/C19H20Cl2N2O5S/c20-12-7-13(21)9-14(8-12)29(27,28)23-5-1-2-15(23)18(24)22-17-11-4-3-10(6-11)16(17)19(25)26/h3-4,7-11,15-17H,1-2,5-6H2,(H,22,24)(H,25,26)/t10?,11?,15-,16?,17-/m0/s1. The first-order valence-corrected chi connectivity index (χ1v) is 11.6. The highest BCUT2D eigenvalue weighted by molar-refractivity contribution is 7.89. The lowest BCUT2D eigenvalue weighted by atomic mass is 9.88. The second-order valence-corrected chi connectivity index (χ2v) is 10.5. The molecule has 3 aliphatic rings. The minimum absolute atomic E-state index is 0.0387. The van der Waals surface area contributed by atoms with Crippen LogP contribution in [0.3, 0.4) is 0 Å². The van der Waals surface area contributed by atoms with Gasteiger partial charge in [-0.15, -0.1) is 0 Å². The molecule has 0 radical (unpaired) electrons. The van der Waals surface area contributed by atoms with Crippen molar-refractivity contribution in [2.45, 2.75) is 36.2 Å². The summed E-state index contributed by atoms with van der Waals surface area (Å²) in [5.41, 5.74) is 0. The van der Waals surface area contributed by atoms with Gasteiger partial charge in [-0.05, 0) is 49.3 Å². The van der Waals surface area contributed by atoms with Gasteiger partial charge in [0.25, 0.3) is 0 Å². The Morgan fingerprint density at radius 2 is 1.76 bits per heavy atom. The van der Waals surface area contributed by atoms with Gasteiger partial charge in [-0.3, -0.25) is 9.59 Å². The molecule has 5 atom stereocenters. The third-order valence-electron chi connectivity index (χ3n) is 6.00. The van der Waals surface area contributed by atoms with E-state index in [2.05, 4.69) is 5.32 Å². The second-order valence-electron chi connectivity index (χ2n) is 7.73. The predicted molar refractivity (Wildman–Crippen MR) is 107 cm³/mol. The summed E-state index contributed by atoms with van der Waals surface area (Å²) >= 11 is 11.9. The number of carboxylic acids is 1. The Kier molecular flexibility index (Phi) is 5.40. The molecular weight excluding hydrogens is 439 g/mol. The number of sulfonamides is 1. The Balaban J connectivity index is 1.56. The van der Waals surface area contributed by atoms with Gasteiger partial charge >= 0.3 is 5.97 Å². The van der Waals surface area contributed by atoms with Crippen LogP contribution in [0.2, 0.25) is 10.0 Å². The average Bonchev–Trinajstić information content (AvgIpc) is 3.36. The summed E-state index contributed by atoms with van der Waals surface area (Å²) in [6, 6.07) is 2.62. The monoisotopic (exact) mass is 458 g/mol. The molecule has 2 bridgehead atoms. The molecule has 1 aromatic carbocycles. The molecule has 1 saturated heterocycles. The van der Waals surface area contributed by atoms with Crippen molar-refractivity contribution in [1.82, 2.24) is 9.62 Å². The molecule has 0 spiro atoms. The molecule has 4 rings (SSSR count). The minimum Gasteiger partial charge on any atom is -0.481 e. The van der Waals surface area contributed by atoms with Gasteiger partial charge in [-0.2, -0.15) is 4.31 Å². The quantitative estimate of drug-likeness (QED) is 0.659. The number of benzene rings is 1. The van der Waals surface area contributed by atoms with E-state index in [1.54, 1.807) is 0 Å². The van der Waals surface area contributed by atoms with E-state index in [4.69, 9.17) is 23.2 Å². The number of carboxylic acid groups (broad SMARTS) is 1. The van der Waals surface area contributed by atoms with Gasteiger partial charge in [0.05, 0.1) is 10.8 Å². The van der Waals surface area contributed by atoms with E-state index >= 15 is 0 Å². The molecule has 1 amide bonds. The maximum atomic E-state index is 13.1. The normalized spacial score (nSPS) is 31.3. The molecular formula is C19H20Cl2N2O5S. The number of amides is 1. The van der Waals surface area contributed by atoms with Crippen LogP contribution < -0.4 is 5.32 Å². The number of nitrogens with zero attached hydrogens (tertiary/aromatic N) is 1. The number of nitrogens with one attached hydrogen (secondary N) is 1. The lowest BCUT2D eigenvalue weighted by Crippen LogP contribution is -2.52. The van der Waals surface area contributed by atoms with Crippen molar-refractivity contribution in [3.8, 4) is 0 Å². The number of halogens is 2. The van der Waals surface area contributed by atoms with Gasteiger partial charge in [0.1, 0.15) is 6.04 Å². The molecule has 1 aliphatic heterocycles. The highest BCUT2D eigenvalue weighted by Gasteiger charge is 2.50. The molecule has 29 heavy (non-hydrogen) atoms. The number of hydrogen-bond acceptors (Lipinski definition) is 4. The molecule has 7 nitrogen and oxygen atoms in total. The van der Waals surface area contributed by atoms with Crippen LogP contribution in [-0.2, 0) is 19.6 Å². The molecule has 1 saturated carbocycles. The van der Waals surface area contributed by atoms with Crippen molar-refractivity contribution in [1.29, 1.82) is 0 Å². The average molecular weight is 459 g/mol. The van der Waals surface area contributed by atoms with Gasteiger partial charge in [0.15, 0.2) is 0 Å². The fraction of sp³-hybridized carbons (Fsp3) is 0.474. The molecule has 0 aromatic heterocycles. The van der Waals surface area contributed by atoms with Gasteiger partial charge in [0.2, 0.25) is 15.9 Å². The number of fused-ring (bicyclic) bond motifs is 2. The molecule has 3 unspecified atom stereocenters. The van der Waals surface area contributed by atoms with Crippen LogP contribution in [0.15, 0.2) is 35.2 Å². The summed E-state index contributed by atoms with van der Waals surface area (Å²) in [4.78, 5) is 24.6. The Hall–Kier alpha value is -1.61. The zero-order valence-corrected chi connectivity index (χ0v) is 17.6. The van der Waals surface area contributed by atoms with Gasteiger partial charge < -0.3 is 10.4 Å². The third kappa shape index (κ3) is 3.67. The van der Waals surface area contributed by atoms with Crippen molar-refractivity contribution < 1.29 is 23.1 Å². The predicted octanol–water partition coefficient (Wildman–Crippen LogP) is 2.54. The molecule has 156 valence electrons. The van der Waals surface area contributed by atoms with Crippen molar-refractivity contribution in [3.05, 3.63) is 40.4 Å². The minimum atomic E-state index is -3.98. The topological polar surface area (TPSA) is 104 Å². The number of aliphatic carboxylic acids is 1. The lowest BCUT2D eigenvalue weighted by molar-refractivity contribution is -0.143. The fourth-order valence-electron chi connectivity index (χ4n) is 4.72. The smallest absolute Gasteiger partial charge is 0.309 e. The number of carbonyl (C=O) groups is 2. The molecule has 2 fully saturated rings. The van der Waals surface area contributed by atoms with Crippen molar-refractivity contribution in [2.75, 3.05) is 6.54 Å². The molecule has 10 heteroatoms. The first kappa shape index (κ1) is 20.7. The Morgan fingerprint density at radius 3 is 2.41 bits per heavy atom. The van der Waals surface area contributed by atoms with E-state index in [0.717, 1.165) is 4.31 Å². The largest absolute Gasteiger partial charge is 0.481 e. The van der Waals surface area contributed by atoms with Crippen LogP contribution in [0.1, 0.15) is 19.3 Å². The van der Waals surface area contributed by atoms with Gasteiger partial charge in [0, 0.05) is 22.6 Å². The van der Waals surface area contributed by atoms with Crippen LogP contribution in [0.25, 0.3) is 0 Å². The van der Waals surface area contributed by atoms with Gasteiger partial charge in [-0.1, -0.05) is 35.4 Å². The van der Waals surface area contributed by atoms with Crippen LogP contribution in [-0.4, -0.2) is 48.3 Å². The fourth-order valence-corrected chi connectivity index (χ4v) is 7.10. The Labute approximate surface area is 178 Å². The zero-order valence-electron chi connectivity index (χ0n) is 15.3. The molecule has 1 aromatic rings. The first-order chi connectivity index (χ1) is 13.7. The van der Waals surface area contributed by atoms with E-state index in [1.165, 1.54) is 18.2 Å². The van der Waals surface area contributed by atoms with E-state index < -0.39 is 39.9 Å². The van der Waals surface area contributed by atoms with E-state index in [0.29, 0.717) is 19.3 Å². The van der Waals surface area contributed by atoms with Crippen LogP contribution in [0.4, 0.5) is 0 Å². The lowest BCUT2D eigenvalue weighted by Gasteiger charge is -2.29. The number of hydrogen-bond donors (Lipinski definition) is 2. The third-order valence-corrected chi connectivity index (χ3v) is 8.32. The van der Waals surface area contributed by atoms with E-state index in [1.807, 2.05) is 12.2 Å². The number of allylic oxidation sites excluding steroid dienone is 1. The summed E-state index contributed by atoms with van der Waals surface area (Å²) in [5, 5.41) is 12.8. The van der Waals surface area contributed by atoms with Crippen LogP contribution >= 0.6 is 23.2 Å². The van der Waals surface area contributed by atoms with E-state index in [-0.39, 0.29) is 33.3 Å². The van der Waals surface area contributed by atoms with Crippen molar-refractivity contribution in [3.63, 3.8) is 0 Å². The summed E-state index contributed by atoms with van der Waals surface area (Å²) in [6.45, 7) is 0.198. The van der Waals surface area contributed by atoms with Gasteiger partial charge in [-0.25, -0.2) is 8.42 Å².